The molecule has 0 aliphatic heterocycles. The van der Waals surface area contributed by atoms with Crippen molar-refractivity contribution in [2.24, 2.45) is 0 Å². The van der Waals surface area contributed by atoms with E-state index in [1.54, 1.807) is 0 Å². The van der Waals surface area contributed by atoms with Crippen LogP contribution in [0, 0.1) is 111 Å². The lowest BCUT2D eigenvalue weighted by Gasteiger charge is -2.33. The van der Waals surface area contributed by atoms with Crippen molar-refractivity contribution in [3.05, 3.63) is 367 Å². The van der Waals surface area contributed by atoms with Crippen LogP contribution in [0.2, 0.25) is 0 Å². The second kappa shape index (κ2) is 29.2. The van der Waals surface area contributed by atoms with E-state index in [4.69, 9.17) is 0 Å². The third-order valence-electron chi connectivity index (χ3n) is 24.2. The molecule has 0 aromatic heterocycles. The molecule has 0 heterocycles. The third-order valence-corrected chi connectivity index (χ3v) is 24.2. The van der Waals surface area contributed by atoms with Crippen molar-refractivity contribution in [1.82, 2.24) is 0 Å². The van der Waals surface area contributed by atoms with E-state index in [1.807, 2.05) is 0 Å². The summed E-state index contributed by atoms with van der Waals surface area (Å²) in [6.45, 7) is 35.6. The Kier molecular flexibility index (Phi) is 19.5. The molecule has 1 fully saturated rings. The lowest BCUT2D eigenvalue weighted by Crippen LogP contribution is -2.24. The van der Waals surface area contributed by atoms with Gasteiger partial charge in [0.15, 0.2) is 0 Å². The monoisotopic (exact) mass is 1390 g/mol. The summed E-state index contributed by atoms with van der Waals surface area (Å²) >= 11 is 0. The highest BCUT2D eigenvalue weighted by Gasteiger charge is 2.38. The van der Waals surface area contributed by atoms with E-state index < -0.39 is 0 Å². The van der Waals surface area contributed by atoms with E-state index in [2.05, 4.69) is 387 Å². The van der Waals surface area contributed by atoms with Crippen LogP contribution in [0.3, 0.4) is 0 Å². The molecule has 0 spiro atoms. The predicted molar refractivity (Wildman–Crippen MR) is 461 cm³/mol. The van der Waals surface area contributed by atoms with Gasteiger partial charge in [0.2, 0.25) is 0 Å². The standard InChI is InChI=1S/C105H100N2/c1-65-21-49-99(85-57-69(5)77(13)70(6)58-85)101(53-65)83-27-39-93(40-28-83)106(91-35-23-81(24-36-91)97-47-19-67(3)55-103(97)87-61-73(9)79(15)74(10)62-87)95-43-31-89(32-44-95)105(51-17-18-52-105)90-33-45-96(46-34-90)107(92-37-25-82(26-38-92)98-48-20-68(4)56-104(98)88-63-75(11)80(16)76(12)64-88)94-41-29-84(30-42-94)102-54-66(2)22-50-100(102)86-59-71(7)78(14)72(8)60-86/h19-50,53-64H,17-18,51-52H2,1-16H3. The molecule has 0 bridgehead atoms. The lowest BCUT2D eigenvalue weighted by atomic mass is 9.73. The summed E-state index contributed by atoms with van der Waals surface area (Å²) in [6.07, 6.45) is 4.52. The van der Waals surface area contributed by atoms with Crippen molar-refractivity contribution in [2.45, 2.75) is 142 Å². The highest BCUT2D eigenvalue weighted by Crippen LogP contribution is 2.50. The van der Waals surface area contributed by atoms with Gasteiger partial charge >= 0.3 is 0 Å². The second-order valence-electron chi connectivity index (χ2n) is 31.4. The molecule has 1 aliphatic carbocycles. The molecule has 0 saturated heterocycles. The summed E-state index contributed by atoms with van der Waals surface area (Å²) in [7, 11) is 0. The van der Waals surface area contributed by atoms with E-state index in [-0.39, 0.29) is 5.41 Å². The minimum absolute atomic E-state index is 0.153. The van der Waals surface area contributed by atoms with Crippen molar-refractivity contribution < 1.29 is 0 Å². The Balaban J connectivity index is 0.799. The molecule has 2 nitrogen and oxygen atoms in total. The van der Waals surface area contributed by atoms with Gasteiger partial charge in [-0.15, -0.1) is 0 Å². The Morgan fingerprint density at radius 3 is 0.607 bits per heavy atom. The minimum Gasteiger partial charge on any atom is -0.311 e. The van der Waals surface area contributed by atoms with Crippen LogP contribution in [-0.4, -0.2) is 0 Å². The first kappa shape index (κ1) is 71.3. The van der Waals surface area contributed by atoms with Crippen LogP contribution in [0.15, 0.2) is 267 Å². The van der Waals surface area contributed by atoms with Gasteiger partial charge in [-0.2, -0.15) is 0 Å². The van der Waals surface area contributed by atoms with Crippen LogP contribution < -0.4 is 9.80 Å². The zero-order valence-corrected chi connectivity index (χ0v) is 65.6. The van der Waals surface area contributed by atoms with Gasteiger partial charge in [0.05, 0.1) is 0 Å². The number of aryl methyl sites for hydroxylation is 12. The molecular formula is C105H100N2. The van der Waals surface area contributed by atoms with Crippen molar-refractivity contribution >= 4 is 34.1 Å². The van der Waals surface area contributed by atoms with Crippen LogP contribution in [0.4, 0.5) is 34.1 Å². The molecular weight excluding hydrogens is 1290 g/mol. The van der Waals surface area contributed by atoms with Crippen molar-refractivity contribution in [3.8, 4) is 89.0 Å². The molecule has 15 rings (SSSR count). The van der Waals surface area contributed by atoms with Gasteiger partial charge < -0.3 is 9.80 Å². The number of hydrogen-bond acceptors (Lipinski definition) is 2. The molecule has 530 valence electrons. The van der Waals surface area contributed by atoms with Crippen LogP contribution in [0.25, 0.3) is 89.0 Å². The number of anilines is 6. The Morgan fingerprint density at radius 1 is 0.187 bits per heavy atom. The first-order valence-electron chi connectivity index (χ1n) is 38.5. The molecule has 0 radical (unpaired) electrons. The van der Waals surface area contributed by atoms with Crippen LogP contribution in [0.5, 0.6) is 0 Å². The van der Waals surface area contributed by atoms with Gasteiger partial charge in [0.25, 0.3) is 0 Å². The van der Waals surface area contributed by atoms with Gasteiger partial charge in [-0.1, -0.05) is 229 Å². The first-order chi connectivity index (χ1) is 51.6. The highest BCUT2D eigenvalue weighted by atomic mass is 15.1. The smallest absolute Gasteiger partial charge is 0.0462 e. The van der Waals surface area contributed by atoms with E-state index in [1.165, 1.54) is 202 Å². The molecule has 0 unspecified atom stereocenters. The summed E-state index contributed by atoms with van der Waals surface area (Å²) < 4.78 is 0. The number of hydrogen-bond donors (Lipinski definition) is 0. The fourth-order valence-corrected chi connectivity index (χ4v) is 17.0. The second-order valence-corrected chi connectivity index (χ2v) is 31.4. The summed E-state index contributed by atoms with van der Waals surface area (Å²) in [5.74, 6) is 0. The topological polar surface area (TPSA) is 6.48 Å². The molecule has 107 heavy (non-hydrogen) atoms. The first-order valence-corrected chi connectivity index (χ1v) is 38.5. The van der Waals surface area contributed by atoms with Gasteiger partial charge in [0.1, 0.15) is 0 Å². The molecule has 1 saturated carbocycles. The Morgan fingerprint density at radius 2 is 0.374 bits per heavy atom. The quantitative estimate of drug-likeness (QED) is 0.0951. The Bertz CT molecular complexity index is 5260. The summed E-state index contributed by atoms with van der Waals surface area (Å²) in [5.41, 5.74) is 49.9. The number of rotatable bonds is 16. The maximum Gasteiger partial charge on any atom is 0.0462 e. The van der Waals surface area contributed by atoms with Crippen LogP contribution in [-0.2, 0) is 5.41 Å². The largest absolute Gasteiger partial charge is 0.311 e. The van der Waals surface area contributed by atoms with Gasteiger partial charge in [-0.25, -0.2) is 0 Å². The normalized spacial score (nSPS) is 12.6. The average molecular weight is 1390 g/mol. The molecule has 0 atom stereocenters. The van der Waals surface area contributed by atoms with Crippen LogP contribution >= 0.6 is 0 Å². The summed E-state index contributed by atoms with van der Waals surface area (Å²) in [6, 6.07) is 103. The van der Waals surface area contributed by atoms with E-state index in [9.17, 15) is 0 Å². The molecule has 0 N–H and O–H groups in total. The fraction of sp³-hybridized carbons (Fsp3) is 0.200. The van der Waals surface area contributed by atoms with E-state index in [0.29, 0.717) is 0 Å². The zero-order chi connectivity index (χ0) is 74.7. The fourth-order valence-electron chi connectivity index (χ4n) is 17.0. The highest BCUT2D eigenvalue weighted by molar-refractivity contribution is 5.92. The van der Waals surface area contributed by atoms with Gasteiger partial charge in [-0.05, 0) is 363 Å². The Hall–Kier alpha value is -11.3. The molecule has 0 amide bonds. The average Bonchev–Trinajstić information content (AvgIpc) is 1.70. The number of benzene rings is 14. The maximum atomic E-state index is 2.45. The zero-order valence-electron chi connectivity index (χ0n) is 65.6. The van der Waals surface area contributed by atoms with Gasteiger partial charge in [-0.3, -0.25) is 0 Å². The van der Waals surface area contributed by atoms with Crippen molar-refractivity contribution in [1.29, 1.82) is 0 Å². The minimum atomic E-state index is -0.153. The van der Waals surface area contributed by atoms with Crippen LogP contribution in [0.1, 0.15) is 126 Å². The van der Waals surface area contributed by atoms with E-state index >= 15 is 0 Å². The Labute approximate surface area is 637 Å². The summed E-state index contributed by atoms with van der Waals surface area (Å²) in [4.78, 5) is 4.90. The number of nitrogens with zero attached hydrogens (tertiary/aromatic N) is 2. The third kappa shape index (κ3) is 13.9. The molecule has 14 aromatic carbocycles. The SMILES string of the molecule is Cc1ccc(-c2cc(C)c(C)c(C)c2)c(-c2ccc(N(c3ccc(-c4ccc(C)cc4-c4cc(C)c(C)c(C)c4)cc3)c3ccc(C4(c5ccc(N(c6ccc(-c7ccc(C)cc7-c7cc(C)c(C)c(C)c7)cc6)c6ccc(-c7cc(C)ccc7-c7cc(C)c(C)c(C)c7)cc6)cc5)CCCC4)cc3)cc2)c1. The van der Waals surface area contributed by atoms with Gasteiger partial charge in [0, 0.05) is 39.5 Å². The van der Waals surface area contributed by atoms with Crippen molar-refractivity contribution in [3.63, 3.8) is 0 Å². The lowest BCUT2D eigenvalue weighted by molar-refractivity contribution is 0.535. The maximum absolute atomic E-state index is 2.45. The van der Waals surface area contributed by atoms with E-state index in [0.717, 1.165) is 47.0 Å². The molecule has 2 heteroatoms. The summed E-state index contributed by atoms with van der Waals surface area (Å²) in [5, 5.41) is 0. The molecule has 1 aliphatic rings. The van der Waals surface area contributed by atoms with Crippen molar-refractivity contribution in [2.75, 3.05) is 9.80 Å². The predicted octanol–water partition coefficient (Wildman–Crippen LogP) is 29.8. The molecule has 14 aromatic rings.